The van der Waals surface area contributed by atoms with Crippen LogP contribution in [0.15, 0.2) is 48.5 Å². The molecule has 37 heavy (non-hydrogen) atoms. The number of piperidine rings is 1. The van der Waals surface area contributed by atoms with E-state index < -0.39 is 17.6 Å². The van der Waals surface area contributed by atoms with E-state index in [4.69, 9.17) is 9.47 Å². The maximum Gasteiger partial charge on any atom is 0.256 e. The van der Waals surface area contributed by atoms with Crippen LogP contribution in [0, 0.1) is 5.82 Å². The molecule has 0 unspecified atom stereocenters. The third-order valence-corrected chi connectivity index (χ3v) is 7.62. The number of benzene rings is 2. The summed E-state index contributed by atoms with van der Waals surface area (Å²) in [6.07, 6.45) is 1.66. The highest BCUT2D eigenvalue weighted by Crippen LogP contribution is 2.39. The van der Waals surface area contributed by atoms with Gasteiger partial charge in [-0.05, 0) is 48.4 Å². The first-order valence-corrected chi connectivity index (χ1v) is 12.9. The lowest BCUT2D eigenvalue weighted by atomic mass is 9.95. The first kappa shape index (κ1) is 25.4. The minimum Gasteiger partial charge on any atom is -0.378 e. The number of hydrogen-bond donors (Lipinski definition) is 0. The Morgan fingerprint density at radius 2 is 1.46 bits per heavy atom. The van der Waals surface area contributed by atoms with Gasteiger partial charge in [0, 0.05) is 50.1 Å². The third-order valence-electron chi connectivity index (χ3n) is 7.62. The SMILES string of the molecule is CCc1ccc(C(=O)N2CCC3(CC2)OC[C@H](C(=O)N2CCOCC2)N3C(=O)c2ccc(F)cc2)cc1. The van der Waals surface area contributed by atoms with Crippen LogP contribution in [-0.2, 0) is 20.7 Å². The standard InChI is InChI=1S/C28H32FN3O5/c1-2-20-3-5-21(6-4-20)25(33)30-13-11-28(12-14-30)32(26(34)22-7-9-23(29)10-8-22)24(19-37-28)27(35)31-15-17-36-18-16-31/h3-10,24H,2,11-19H2,1H3/t24-/m1/s1. The molecule has 3 fully saturated rings. The minimum atomic E-state index is -1.01. The molecule has 1 spiro atoms. The number of morpholine rings is 1. The summed E-state index contributed by atoms with van der Waals surface area (Å²) >= 11 is 0. The first-order chi connectivity index (χ1) is 17.9. The fourth-order valence-corrected chi connectivity index (χ4v) is 5.41. The van der Waals surface area contributed by atoms with Gasteiger partial charge in [0.1, 0.15) is 17.6 Å². The molecule has 5 rings (SSSR count). The molecule has 0 saturated carbocycles. The predicted octanol–water partition coefficient (Wildman–Crippen LogP) is 2.72. The number of halogens is 1. The second kappa shape index (κ2) is 10.6. The smallest absolute Gasteiger partial charge is 0.256 e. The second-order valence-electron chi connectivity index (χ2n) is 9.74. The highest BCUT2D eigenvalue weighted by molar-refractivity contribution is 5.98. The molecule has 0 radical (unpaired) electrons. The molecule has 196 valence electrons. The van der Waals surface area contributed by atoms with E-state index in [-0.39, 0.29) is 24.3 Å². The zero-order chi connectivity index (χ0) is 26.0. The highest BCUT2D eigenvalue weighted by Gasteiger charge is 2.55. The summed E-state index contributed by atoms with van der Waals surface area (Å²) in [5.74, 6) is -1.05. The number of carbonyl (C=O) groups excluding carboxylic acids is 3. The largest absolute Gasteiger partial charge is 0.378 e. The molecule has 3 saturated heterocycles. The number of ether oxygens (including phenoxy) is 2. The van der Waals surface area contributed by atoms with E-state index in [0.29, 0.717) is 63.4 Å². The van der Waals surface area contributed by atoms with Crippen molar-refractivity contribution in [2.45, 2.75) is 38.0 Å². The lowest BCUT2D eigenvalue weighted by molar-refractivity contribution is -0.141. The first-order valence-electron chi connectivity index (χ1n) is 12.9. The quantitative estimate of drug-likeness (QED) is 0.634. The number of likely N-dealkylation sites (tertiary alicyclic amines) is 1. The van der Waals surface area contributed by atoms with Gasteiger partial charge in [-0.2, -0.15) is 0 Å². The van der Waals surface area contributed by atoms with Gasteiger partial charge in [-0.15, -0.1) is 0 Å². The van der Waals surface area contributed by atoms with Crippen molar-refractivity contribution in [3.05, 3.63) is 71.0 Å². The topological polar surface area (TPSA) is 79.4 Å². The summed E-state index contributed by atoms with van der Waals surface area (Å²) in [5, 5.41) is 0. The Bertz CT molecular complexity index is 1140. The van der Waals surface area contributed by atoms with Gasteiger partial charge in [0.05, 0.1) is 19.8 Å². The highest BCUT2D eigenvalue weighted by atomic mass is 19.1. The Balaban J connectivity index is 1.37. The Morgan fingerprint density at radius 1 is 0.865 bits per heavy atom. The molecule has 0 N–H and O–H groups in total. The summed E-state index contributed by atoms with van der Waals surface area (Å²) < 4.78 is 25.2. The molecule has 3 aliphatic rings. The molecular weight excluding hydrogens is 477 g/mol. The van der Waals surface area contributed by atoms with Gasteiger partial charge < -0.3 is 19.3 Å². The van der Waals surface area contributed by atoms with Crippen molar-refractivity contribution >= 4 is 17.7 Å². The van der Waals surface area contributed by atoms with E-state index in [1.807, 2.05) is 24.3 Å². The molecule has 0 aromatic heterocycles. The fraction of sp³-hybridized carbons (Fsp3) is 0.464. The van der Waals surface area contributed by atoms with Gasteiger partial charge in [-0.1, -0.05) is 19.1 Å². The number of carbonyl (C=O) groups is 3. The van der Waals surface area contributed by atoms with E-state index >= 15 is 0 Å². The normalized spacial score (nSPS) is 21.4. The number of nitrogens with zero attached hydrogens (tertiary/aromatic N) is 3. The number of aryl methyl sites for hydroxylation is 1. The summed E-state index contributed by atoms with van der Waals surface area (Å²) in [5.41, 5.74) is 1.07. The van der Waals surface area contributed by atoms with Gasteiger partial charge >= 0.3 is 0 Å². The van der Waals surface area contributed by atoms with Crippen LogP contribution in [0.5, 0.6) is 0 Å². The maximum absolute atomic E-state index is 13.8. The van der Waals surface area contributed by atoms with E-state index in [1.54, 1.807) is 14.7 Å². The molecule has 0 aliphatic carbocycles. The second-order valence-corrected chi connectivity index (χ2v) is 9.74. The van der Waals surface area contributed by atoms with Crippen LogP contribution in [0.4, 0.5) is 4.39 Å². The average Bonchev–Trinajstić information content (AvgIpc) is 3.31. The van der Waals surface area contributed by atoms with E-state index in [9.17, 15) is 18.8 Å². The molecule has 3 heterocycles. The van der Waals surface area contributed by atoms with Crippen molar-refractivity contribution in [3.8, 4) is 0 Å². The fourth-order valence-electron chi connectivity index (χ4n) is 5.41. The summed E-state index contributed by atoms with van der Waals surface area (Å²) in [7, 11) is 0. The predicted molar refractivity (Wildman–Crippen MR) is 133 cm³/mol. The van der Waals surface area contributed by atoms with Gasteiger partial charge in [0.25, 0.3) is 11.8 Å². The van der Waals surface area contributed by atoms with Crippen LogP contribution in [0.2, 0.25) is 0 Å². The van der Waals surface area contributed by atoms with Crippen LogP contribution in [0.1, 0.15) is 46.0 Å². The number of amides is 3. The number of rotatable bonds is 4. The van der Waals surface area contributed by atoms with E-state index in [2.05, 4.69) is 6.92 Å². The Morgan fingerprint density at radius 3 is 2.08 bits per heavy atom. The van der Waals surface area contributed by atoms with Gasteiger partial charge in [-0.3, -0.25) is 19.3 Å². The van der Waals surface area contributed by atoms with Crippen molar-refractivity contribution in [2.75, 3.05) is 46.0 Å². The van der Waals surface area contributed by atoms with Crippen molar-refractivity contribution in [2.24, 2.45) is 0 Å². The zero-order valence-electron chi connectivity index (χ0n) is 21.0. The Kier molecular flexibility index (Phi) is 7.26. The van der Waals surface area contributed by atoms with Crippen LogP contribution < -0.4 is 0 Å². The molecule has 2 aromatic carbocycles. The van der Waals surface area contributed by atoms with E-state index in [0.717, 1.165) is 6.42 Å². The summed E-state index contributed by atoms with van der Waals surface area (Å²) in [6.45, 7) is 4.74. The van der Waals surface area contributed by atoms with Crippen LogP contribution in [-0.4, -0.2) is 90.2 Å². The van der Waals surface area contributed by atoms with Crippen molar-refractivity contribution in [3.63, 3.8) is 0 Å². The summed E-state index contributed by atoms with van der Waals surface area (Å²) in [6, 6.07) is 12.2. The molecule has 8 nitrogen and oxygen atoms in total. The maximum atomic E-state index is 13.8. The van der Waals surface area contributed by atoms with E-state index in [1.165, 1.54) is 29.8 Å². The Hall–Kier alpha value is -3.30. The number of hydrogen-bond acceptors (Lipinski definition) is 5. The average molecular weight is 510 g/mol. The monoisotopic (exact) mass is 509 g/mol. The van der Waals surface area contributed by atoms with Crippen molar-refractivity contribution in [1.82, 2.24) is 14.7 Å². The Labute approximate surface area is 215 Å². The van der Waals surface area contributed by atoms with Crippen LogP contribution in [0.25, 0.3) is 0 Å². The molecule has 9 heteroatoms. The van der Waals surface area contributed by atoms with Crippen LogP contribution in [0.3, 0.4) is 0 Å². The zero-order valence-corrected chi connectivity index (χ0v) is 21.0. The molecule has 0 bridgehead atoms. The van der Waals surface area contributed by atoms with Gasteiger partial charge in [0.15, 0.2) is 0 Å². The van der Waals surface area contributed by atoms with Crippen molar-refractivity contribution in [1.29, 1.82) is 0 Å². The molecule has 3 aliphatic heterocycles. The molecule has 1 atom stereocenters. The molecule has 2 aromatic rings. The molecule has 3 amide bonds. The van der Waals surface area contributed by atoms with Gasteiger partial charge in [-0.25, -0.2) is 4.39 Å². The lowest BCUT2D eigenvalue weighted by Gasteiger charge is -2.45. The summed E-state index contributed by atoms with van der Waals surface area (Å²) in [4.78, 5) is 45.5. The minimum absolute atomic E-state index is 0.0622. The van der Waals surface area contributed by atoms with Crippen LogP contribution >= 0.6 is 0 Å². The third kappa shape index (κ3) is 4.98. The lowest BCUT2D eigenvalue weighted by Crippen LogP contribution is -2.60. The van der Waals surface area contributed by atoms with Crippen molar-refractivity contribution < 1.29 is 28.2 Å². The molecular formula is C28H32FN3O5. The van der Waals surface area contributed by atoms with Gasteiger partial charge in [0.2, 0.25) is 5.91 Å².